The van der Waals surface area contributed by atoms with Crippen LogP contribution < -0.4 is 0 Å². The van der Waals surface area contributed by atoms with Gasteiger partial charge in [-0.15, -0.1) is 0 Å². The lowest BCUT2D eigenvalue weighted by Crippen LogP contribution is -2.73. The molecule has 2 aliphatic heterocycles. The second-order valence-electron chi connectivity index (χ2n) is 8.58. The third-order valence-electron chi connectivity index (χ3n) is 6.69. The second-order valence-corrected chi connectivity index (χ2v) is 8.58. The van der Waals surface area contributed by atoms with Gasteiger partial charge in [0.05, 0.1) is 25.2 Å². The first-order valence-corrected chi connectivity index (χ1v) is 10.9. The summed E-state index contributed by atoms with van der Waals surface area (Å²) in [5.74, 6) is 6.97. The highest BCUT2D eigenvalue weighted by Crippen LogP contribution is 2.42. The highest BCUT2D eigenvalue weighted by molar-refractivity contribution is 5.88. The zero-order valence-corrected chi connectivity index (χ0v) is 17.5. The number of piperazine rings is 1. The van der Waals surface area contributed by atoms with Crippen LogP contribution in [0.5, 0.6) is 0 Å². The number of amides is 2. The molecule has 2 amide bonds. The number of hydrogen-bond donors (Lipinski definition) is 1. The van der Waals surface area contributed by atoms with Crippen molar-refractivity contribution >= 4 is 11.8 Å². The summed E-state index contributed by atoms with van der Waals surface area (Å²) in [6.45, 7) is 0.417. The van der Waals surface area contributed by atoms with E-state index in [4.69, 9.17) is 4.74 Å². The number of carbonyl (C=O) groups is 2. The van der Waals surface area contributed by atoms with Gasteiger partial charge in [-0.3, -0.25) is 9.59 Å². The molecule has 1 aliphatic carbocycles. The van der Waals surface area contributed by atoms with Crippen LogP contribution in [-0.2, 0) is 14.3 Å². The molecule has 1 aromatic carbocycles. The summed E-state index contributed by atoms with van der Waals surface area (Å²) >= 11 is 0. The van der Waals surface area contributed by atoms with E-state index in [0.717, 1.165) is 11.1 Å². The minimum absolute atomic E-state index is 0.0115. The van der Waals surface area contributed by atoms with E-state index in [1.54, 1.807) is 9.80 Å². The molecule has 0 radical (unpaired) electrons. The molecule has 3 fully saturated rings. The molecular formula is C24H30N2O4. The lowest BCUT2D eigenvalue weighted by atomic mass is 9.73. The number of fused-ring (bicyclic) bond motifs is 1. The monoisotopic (exact) mass is 410 g/mol. The van der Waals surface area contributed by atoms with Crippen molar-refractivity contribution < 1.29 is 19.4 Å². The molecule has 2 saturated heterocycles. The van der Waals surface area contributed by atoms with Crippen molar-refractivity contribution in [2.75, 3.05) is 33.4 Å². The van der Waals surface area contributed by atoms with Crippen LogP contribution in [0.25, 0.3) is 0 Å². The lowest BCUT2D eigenvalue weighted by Gasteiger charge is -2.58. The molecule has 3 atom stereocenters. The van der Waals surface area contributed by atoms with Gasteiger partial charge in [0.1, 0.15) is 6.61 Å². The maximum atomic E-state index is 12.6. The number of carbonyl (C=O) groups excluding carboxylic acids is 2. The molecule has 2 heterocycles. The molecule has 6 heteroatoms. The minimum atomic E-state index is -0.235. The molecule has 0 bridgehead atoms. The van der Waals surface area contributed by atoms with Gasteiger partial charge in [0.2, 0.25) is 11.8 Å². The predicted octanol–water partition coefficient (Wildman–Crippen LogP) is 1.76. The van der Waals surface area contributed by atoms with Gasteiger partial charge in [-0.25, -0.2) is 0 Å². The molecule has 0 unspecified atom stereocenters. The molecule has 4 rings (SSSR count). The number of benzene rings is 1. The van der Waals surface area contributed by atoms with Gasteiger partial charge in [-0.05, 0) is 30.5 Å². The van der Waals surface area contributed by atoms with Gasteiger partial charge in [0, 0.05) is 31.1 Å². The van der Waals surface area contributed by atoms with Crippen LogP contribution in [0.3, 0.4) is 0 Å². The average Bonchev–Trinajstić information content (AvgIpc) is 2.75. The summed E-state index contributed by atoms with van der Waals surface area (Å²) in [4.78, 5) is 28.1. The number of methoxy groups -OCH3 is 1. The van der Waals surface area contributed by atoms with E-state index in [1.807, 2.05) is 12.1 Å². The van der Waals surface area contributed by atoms with Crippen molar-refractivity contribution in [3.8, 4) is 11.8 Å². The van der Waals surface area contributed by atoms with Crippen LogP contribution in [0.4, 0.5) is 0 Å². The van der Waals surface area contributed by atoms with Crippen molar-refractivity contribution in [1.82, 2.24) is 9.80 Å². The zero-order chi connectivity index (χ0) is 21.1. The zero-order valence-electron chi connectivity index (χ0n) is 17.5. The summed E-state index contributed by atoms with van der Waals surface area (Å²) in [7, 11) is 1.47. The Morgan fingerprint density at radius 3 is 2.60 bits per heavy atom. The molecule has 1 aromatic rings. The first-order chi connectivity index (χ1) is 14.6. The van der Waals surface area contributed by atoms with Crippen molar-refractivity contribution in [2.24, 2.45) is 5.92 Å². The van der Waals surface area contributed by atoms with E-state index in [0.29, 0.717) is 12.5 Å². The molecule has 3 aliphatic rings. The van der Waals surface area contributed by atoms with Gasteiger partial charge >= 0.3 is 0 Å². The van der Waals surface area contributed by atoms with Crippen LogP contribution in [-0.4, -0.2) is 72.2 Å². The topological polar surface area (TPSA) is 70.1 Å². The summed E-state index contributed by atoms with van der Waals surface area (Å²) in [6.07, 6.45) is 6.30. The van der Waals surface area contributed by atoms with Gasteiger partial charge in [0.15, 0.2) is 0 Å². The van der Waals surface area contributed by atoms with E-state index in [1.165, 1.54) is 39.2 Å². The SMILES string of the molecule is COCC(=O)N1CC(=O)N2[C@H](CO)[C@@H](c3ccc(C#CC4CCCCC4)cc3)[C@@H]2C1. The van der Waals surface area contributed by atoms with Gasteiger partial charge in [-0.2, -0.15) is 0 Å². The van der Waals surface area contributed by atoms with E-state index in [9.17, 15) is 14.7 Å². The quantitative estimate of drug-likeness (QED) is 0.768. The Morgan fingerprint density at radius 2 is 1.93 bits per heavy atom. The number of hydrogen-bond acceptors (Lipinski definition) is 4. The van der Waals surface area contributed by atoms with Crippen molar-refractivity contribution in [3.05, 3.63) is 35.4 Å². The standard InChI is InChI=1S/C24H30N2O4/c1-30-16-23(29)25-13-20-24(21(15-27)26(20)22(28)14-25)19-11-9-18(10-12-19)8-7-17-5-3-2-4-6-17/h9-12,17,20-21,24,27H,2-6,13-16H2,1H3/t20-,21+,24-/m0/s1. The van der Waals surface area contributed by atoms with Gasteiger partial charge < -0.3 is 19.6 Å². The van der Waals surface area contributed by atoms with Gasteiger partial charge in [-0.1, -0.05) is 43.2 Å². The molecule has 160 valence electrons. The second kappa shape index (κ2) is 9.20. The molecule has 30 heavy (non-hydrogen) atoms. The van der Waals surface area contributed by atoms with Crippen LogP contribution in [0, 0.1) is 17.8 Å². The van der Waals surface area contributed by atoms with E-state index >= 15 is 0 Å². The number of ether oxygens (including phenoxy) is 1. The number of aliphatic hydroxyl groups excluding tert-OH is 1. The van der Waals surface area contributed by atoms with Crippen LogP contribution in [0.2, 0.25) is 0 Å². The average molecular weight is 411 g/mol. The minimum Gasteiger partial charge on any atom is -0.394 e. The van der Waals surface area contributed by atoms with Crippen molar-refractivity contribution in [2.45, 2.75) is 50.1 Å². The smallest absolute Gasteiger partial charge is 0.249 e. The van der Waals surface area contributed by atoms with E-state index < -0.39 is 0 Å². The summed E-state index contributed by atoms with van der Waals surface area (Å²) in [5, 5.41) is 9.90. The van der Waals surface area contributed by atoms with Gasteiger partial charge in [0.25, 0.3) is 0 Å². The lowest BCUT2D eigenvalue weighted by molar-refractivity contribution is -0.168. The van der Waals surface area contributed by atoms with Crippen molar-refractivity contribution in [1.29, 1.82) is 0 Å². The Balaban J connectivity index is 1.47. The maximum absolute atomic E-state index is 12.6. The number of rotatable bonds is 4. The van der Waals surface area contributed by atoms with E-state index in [-0.39, 0.29) is 49.6 Å². The fourth-order valence-electron chi connectivity index (χ4n) is 5.13. The molecule has 0 spiro atoms. The van der Waals surface area contributed by atoms with Crippen LogP contribution in [0.15, 0.2) is 24.3 Å². The number of nitrogens with zero attached hydrogens (tertiary/aromatic N) is 2. The predicted molar refractivity (Wildman–Crippen MR) is 113 cm³/mol. The summed E-state index contributed by atoms with van der Waals surface area (Å²) < 4.78 is 4.94. The Bertz CT molecular complexity index is 835. The molecule has 1 saturated carbocycles. The largest absolute Gasteiger partial charge is 0.394 e. The van der Waals surface area contributed by atoms with Crippen molar-refractivity contribution in [3.63, 3.8) is 0 Å². The molecule has 0 aromatic heterocycles. The first-order valence-electron chi connectivity index (χ1n) is 10.9. The fourth-order valence-corrected chi connectivity index (χ4v) is 5.13. The Morgan fingerprint density at radius 1 is 1.20 bits per heavy atom. The maximum Gasteiger partial charge on any atom is 0.249 e. The first kappa shape index (κ1) is 20.9. The van der Waals surface area contributed by atoms with Crippen LogP contribution >= 0.6 is 0 Å². The fraction of sp³-hybridized carbons (Fsp3) is 0.583. The number of aliphatic hydroxyl groups is 1. The third-order valence-corrected chi connectivity index (χ3v) is 6.69. The highest BCUT2D eigenvalue weighted by atomic mass is 16.5. The Hall–Kier alpha value is -2.36. The highest BCUT2D eigenvalue weighted by Gasteiger charge is 2.54. The molecule has 6 nitrogen and oxygen atoms in total. The normalized spacial score (nSPS) is 26.5. The summed E-state index contributed by atoms with van der Waals surface area (Å²) in [5.41, 5.74) is 2.07. The molecule has 1 N–H and O–H groups in total. The molecular weight excluding hydrogens is 380 g/mol. The Kier molecular flexibility index (Phi) is 6.40. The Labute approximate surface area is 178 Å². The third kappa shape index (κ3) is 4.10. The van der Waals surface area contributed by atoms with E-state index in [2.05, 4.69) is 24.0 Å². The van der Waals surface area contributed by atoms with Crippen LogP contribution in [0.1, 0.15) is 49.1 Å². The summed E-state index contributed by atoms with van der Waals surface area (Å²) in [6, 6.07) is 7.82.